The maximum atomic E-state index is 12.5. The Morgan fingerprint density at radius 3 is 2.86 bits per heavy atom. The first kappa shape index (κ1) is 16.5. The number of fused-ring (bicyclic) bond motifs is 1. The van der Waals surface area contributed by atoms with Crippen LogP contribution in [-0.2, 0) is 9.59 Å². The summed E-state index contributed by atoms with van der Waals surface area (Å²) in [7, 11) is 0. The first-order chi connectivity index (χ1) is 10.7. The molecule has 2 atom stereocenters. The first-order valence-corrected chi connectivity index (χ1v) is 8.32. The second-order valence-corrected chi connectivity index (χ2v) is 6.05. The number of para-hydroxylation sites is 1. The van der Waals surface area contributed by atoms with Gasteiger partial charge < -0.3 is 10.6 Å². The molecular weight excluding hydrogens is 276 g/mol. The molecule has 22 heavy (non-hydrogen) atoms. The van der Waals surface area contributed by atoms with E-state index in [0.29, 0.717) is 12.5 Å². The third-order valence-corrected chi connectivity index (χ3v) is 4.42. The lowest BCUT2D eigenvalue weighted by Gasteiger charge is -2.25. The molecule has 2 amide bonds. The molecular formula is C18H26N2O2. The van der Waals surface area contributed by atoms with Crippen LogP contribution < -0.4 is 10.6 Å². The number of carbonyl (C=O) groups is 2. The van der Waals surface area contributed by atoms with Gasteiger partial charge in [0.2, 0.25) is 11.8 Å². The maximum Gasteiger partial charge on any atom is 0.228 e. The highest BCUT2D eigenvalue weighted by Gasteiger charge is 2.30. The fraction of sp³-hybridized carbons (Fsp3) is 0.556. The lowest BCUT2D eigenvalue weighted by molar-refractivity contribution is -0.126. The summed E-state index contributed by atoms with van der Waals surface area (Å²) in [6.45, 7) is 5.05. The molecule has 4 heteroatoms. The van der Waals surface area contributed by atoms with Crippen LogP contribution >= 0.6 is 0 Å². The average molecular weight is 302 g/mol. The Hall–Kier alpha value is -1.84. The molecule has 1 aromatic carbocycles. The lowest BCUT2D eigenvalue weighted by atomic mass is 9.89. The summed E-state index contributed by atoms with van der Waals surface area (Å²) in [6.07, 6.45) is 4.83. The van der Waals surface area contributed by atoms with E-state index in [-0.39, 0.29) is 24.2 Å². The highest BCUT2D eigenvalue weighted by molar-refractivity contribution is 6.01. The normalized spacial score (nSPS) is 18.3. The summed E-state index contributed by atoms with van der Waals surface area (Å²) in [6, 6.07) is 7.56. The van der Waals surface area contributed by atoms with Crippen LogP contribution in [0.3, 0.4) is 0 Å². The molecule has 2 N–H and O–H groups in total. The zero-order valence-electron chi connectivity index (χ0n) is 13.5. The molecule has 4 nitrogen and oxygen atoms in total. The van der Waals surface area contributed by atoms with Crippen molar-refractivity contribution in [2.24, 2.45) is 5.92 Å². The molecule has 120 valence electrons. The van der Waals surface area contributed by atoms with Crippen molar-refractivity contribution < 1.29 is 9.59 Å². The number of hydrogen-bond acceptors (Lipinski definition) is 2. The number of hydrogen-bond donors (Lipinski definition) is 2. The summed E-state index contributed by atoms with van der Waals surface area (Å²) in [5, 5.41) is 5.88. The van der Waals surface area contributed by atoms with Crippen LogP contribution in [0, 0.1) is 5.92 Å². The van der Waals surface area contributed by atoms with E-state index >= 15 is 0 Å². The van der Waals surface area contributed by atoms with Gasteiger partial charge in [-0.05, 0) is 24.0 Å². The predicted molar refractivity (Wildman–Crippen MR) is 88.7 cm³/mol. The van der Waals surface area contributed by atoms with Gasteiger partial charge in [0.25, 0.3) is 0 Å². The van der Waals surface area contributed by atoms with Crippen molar-refractivity contribution in [3.8, 4) is 0 Å². The van der Waals surface area contributed by atoms with Crippen LogP contribution in [0.15, 0.2) is 24.3 Å². The first-order valence-electron chi connectivity index (χ1n) is 8.32. The van der Waals surface area contributed by atoms with Crippen molar-refractivity contribution >= 4 is 17.5 Å². The number of anilines is 1. The second kappa shape index (κ2) is 7.97. The number of unbranched alkanes of at least 4 members (excludes halogenated alkanes) is 1. The monoisotopic (exact) mass is 302 g/mol. The van der Waals surface area contributed by atoms with Gasteiger partial charge in [0.1, 0.15) is 0 Å². The van der Waals surface area contributed by atoms with Gasteiger partial charge in [-0.2, -0.15) is 0 Å². The van der Waals surface area contributed by atoms with E-state index in [4.69, 9.17) is 0 Å². The number of carbonyl (C=O) groups excluding carboxylic acids is 2. The largest absolute Gasteiger partial charge is 0.355 e. The SMILES string of the molecule is CCCCC(CC)CNC(=O)C1CC(=O)Nc2ccccc21. The Balaban J connectivity index is 1.99. The van der Waals surface area contributed by atoms with E-state index in [1.807, 2.05) is 24.3 Å². The summed E-state index contributed by atoms with van der Waals surface area (Å²) in [5.41, 5.74) is 1.68. The van der Waals surface area contributed by atoms with Gasteiger partial charge in [-0.25, -0.2) is 0 Å². The van der Waals surface area contributed by atoms with Crippen molar-refractivity contribution in [3.63, 3.8) is 0 Å². The van der Waals surface area contributed by atoms with Crippen LogP contribution in [0.4, 0.5) is 5.69 Å². The van der Waals surface area contributed by atoms with Crippen molar-refractivity contribution in [3.05, 3.63) is 29.8 Å². The Labute approximate surface area is 132 Å². The standard InChI is InChI=1S/C18H26N2O2/c1-3-5-8-13(4-2)12-19-18(22)15-11-17(21)20-16-10-7-6-9-14(15)16/h6-7,9-10,13,15H,3-5,8,11-12H2,1-2H3,(H,19,22)(H,20,21). The predicted octanol–water partition coefficient (Wildman–Crippen LogP) is 3.45. The highest BCUT2D eigenvalue weighted by Crippen LogP contribution is 2.32. The average Bonchev–Trinajstić information content (AvgIpc) is 2.54. The van der Waals surface area contributed by atoms with Crippen molar-refractivity contribution in [2.75, 3.05) is 11.9 Å². The number of nitrogens with one attached hydrogen (secondary N) is 2. The van der Waals surface area contributed by atoms with Crippen molar-refractivity contribution in [1.82, 2.24) is 5.32 Å². The Bertz CT molecular complexity index is 528. The number of benzene rings is 1. The van der Waals surface area contributed by atoms with Crippen molar-refractivity contribution in [2.45, 2.75) is 51.9 Å². The molecule has 2 rings (SSSR count). The highest BCUT2D eigenvalue weighted by atomic mass is 16.2. The molecule has 0 aliphatic carbocycles. The summed E-state index contributed by atoms with van der Waals surface area (Å²) in [4.78, 5) is 24.3. The Morgan fingerprint density at radius 1 is 1.36 bits per heavy atom. The molecule has 1 aliphatic rings. The second-order valence-electron chi connectivity index (χ2n) is 6.05. The quantitative estimate of drug-likeness (QED) is 0.810. The Morgan fingerprint density at radius 2 is 2.14 bits per heavy atom. The molecule has 0 radical (unpaired) electrons. The van der Waals surface area contributed by atoms with Gasteiger partial charge in [-0.15, -0.1) is 0 Å². The fourth-order valence-corrected chi connectivity index (χ4v) is 2.96. The molecule has 1 heterocycles. The molecule has 2 unspecified atom stereocenters. The zero-order chi connectivity index (χ0) is 15.9. The molecule has 0 bridgehead atoms. The van der Waals surface area contributed by atoms with Crippen LogP contribution in [0.1, 0.15) is 57.4 Å². The minimum atomic E-state index is -0.367. The number of amides is 2. The van der Waals surface area contributed by atoms with Gasteiger partial charge in [-0.1, -0.05) is 51.3 Å². The zero-order valence-corrected chi connectivity index (χ0v) is 13.5. The van der Waals surface area contributed by atoms with Gasteiger partial charge in [0.05, 0.1) is 5.92 Å². The minimum Gasteiger partial charge on any atom is -0.355 e. The van der Waals surface area contributed by atoms with Crippen LogP contribution in [0.25, 0.3) is 0 Å². The van der Waals surface area contributed by atoms with E-state index in [0.717, 1.165) is 24.1 Å². The summed E-state index contributed by atoms with van der Waals surface area (Å²) in [5.74, 6) is 0.0410. The van der Waals surface area contributed by atoms with Gasteiger partial charge >= 0.3 is 0 Å². The van der Waals surface area contributed by atoms with E-state index in [1.165, 1.54) is 12.8 Å². The topological polar surface area (TPSA) is 58.2 Å². The van der Waals surface area contributed by atoms with E-state index in [2.05, 4.69) is 24.5 Å². The number of rotatable bonds is 7. The summed E-state index contributed by atoms with van der Waals surface area (Å²) >= 11 is 0. The van der Waals surface area contributed by atoms with Gasteiger partial charge in [-0.3, -0.25) is 9.59 Å². The maximum absolute atomic E-state index is 12.5. The van der Waals surface area contributed by atoms with Crippen LogP contribution in [0.5, 0.6) is 0 Å². The van der Waals surface area contributed by atoms with E-state index in [1.54, 1.807) is 0 Å². The van der Waals surface area contributed by atoms with E-state index in [9.17, 15) is 9.59 Å². The molecule has 0 spiro atoms. The smallest absolute Gasteiger partial charge is 0.228 e. The molecule has 1 aliphatic heterocycles. The van der Waals surface area contributed by atoms with Gasteiger partial charge in [0.15, 0.2) is 0 Å². The van der Waals surface area contributed by atoms with Gasteiger partial charge in [0, 0.05) is 18.7 Å². The third-order valence-electron chi connectivity index (χ3n) is 4.42. The lowest BCUT2D eigenvalue weighted by Crippen LogP contribution is -2.37. The third kappa shape index (κ3) is 4.09. The molecule has 0 saturated carbocycles. The molecule has 1 aromatic rings. The van der Waals surface area contributed by atoms with Crippen LogP contribution in [0.2, 0.25) is 0 Å². The summed E-state index contributed by atoms with van der Waals surface area (Å²) < 4.78 is 0. The molecule has 0 fully saturated rings. The van der Waals surface area contributed by atoms with E-state index < -0.39 is 0 Å². The van der Waals surface area contributed by atoms with Crippen LogP contribution in [-0.4, -0.2) is 18.4 Å². The molecule has 0 saturated heterocycles. The fourth-order valence-electron chi connectivity index (χ4n) is 2.96. The van der Waals surface area contributed by atoms with Crippen molar-refractivity contribution in [1.29, 1.82) is 0 Å². The Kier molecular flexibility index (Phi) is 5.99. The molecule has 0 aromatic heterocycles. The minimum absolute atomic E-state index is 0.0303.